The molecule has 0 aliphatic carbocycles. The molecule has 0 unspecified atom stereocenters. The molecule has 1 aromatic rings. The number of rotatable bonds is 6. The van der Waals surface area contributed by atoms with Gasteiger partial charge in [-0.15, -0.1) is 0 Å². The topological polar surface area (TPSA) is 108 Å². The van der Waals surface area contributed by atoms with Crippen LogP contribution in [0.3, 0.4) is 0 Å². The summed E-state index contributed by atoms with van der Waals surface area (Å²) in [5.74, 6) is -1.54. The molecule has 0 bridgehead atoms. The average molecular weight is 374 g/mol. The standard InChI is InChI=1S/C19H22N2O6/c1-11-14(9-17(22)26-3)19(13-7-5-6-8-16(13)21(24)25)15(12(2)20-11)10-18(23)27-4/h5-8,19-20H,9-10H2,1-4H3. The van der Waals surface area contributed by atoms with Gasteiger partial charge in [0, 0.05) is 28.9 Å². The molecule has 1 aromatic carbocycles. The minimum atomic E-state index is -0.606. The Morgan fingerprint density at radius 2 is 1.52 bits per heavy atom. The van der Waals surface area contributed by atoms with Gasteiger partial charge in [-0.2, -0.15) is 0 Å². The molecular weight excluding hydrogens is 352 g/mol. The lowest BCUT2D eigenvalue weighted by molar-refractivity contribution is -0.385. The summed E-state index contributed by atoms with van der Waals surface area (Å²) in [6.07, 6.45) is -0.103. The molecule has 0 aromatic heterocycles. The Morgan fingerprint density at radius 3 is 1.96 bits per heavy atom. The Kier molecular flexibility index (Phi) is 6.33. The van der Waals surface area contributed by atoms with Crippen LogP contribution in [0.4, 0.5) is 5.69 Å². The van der Waals surface area contributed by atoms with Gasteiger partial charge in [0.25, 0.3) is 5.69 Å². The zero-order valence-electron chi connectivity index (χ0n) is 15.7. The molecular formula is C19H22N2O6. The minimum absolute atomic E-state index is 0.0516. The fourth-order valence-electron chi connectivity index (χ4n) is 3.28. The number of nitro groups is 1. The van der Waals surface area contributed by atoms with E-state index in [9.17, 15) is 19.7 Å². The van der Waals surface area contributed by atoms with E-state index in [4.69, 9.17) is 9.47 Å². The van der Waals surface area contributed by atoms with E-state index in [0.717, 1.165) is 0 Å². The number of nitrogens with zero attached hydrogens (tertiary/aromatic N) is 1. The lowest BCUT2D eigenvalue weighted by Gasteiger charge is -2.32. The second-order valence-electron chi connectivity index (χ2n) is 6.18. The van der Waals surface area contributed by atoms with Crippen LogP contribution in [0.15, 0.2) is 46.8 Å². The third kappa shape index (κ3) is 4.33. The Bertz CT molecular complexity index is 800. The number of carbonyl (C=O) groups excluding carboxylic acids is 2. The van der Waals surface area contributed by atoms with Crippen molar-refractivity contribution in [1.82, 2.24) is 5.32 Å². The predicted molar refractivity (Wildman–Crippen MR) is 97.6 cm³/mol. The highest BCUT2D eigenvalue weighted by Gasteiger charge is 2.35. The number of methoxy groups -OCH3 is 2. The van der Waals surface area contributed by atoms with Crippen LogP contribution in [-0.2, 0) is 19.1 Å². The number of benzene rings is 1. The first-order valence-electron chi connectivity index (χ1n) is 8.33. The smallest absolute Gasteiger partial charge is 0.309 e. The normalized spacial score (nSPS) is 14.7. The van der Waals surface area contributed by atoms with Crippen LogP contribution >= 0.6 is 0 Å². The van der Waals surface area contributed by atoms with Crippen LogP contribution in [0.2, 0.25) is 0 Å². The van der Waals surface area contributed by atoms with Gasteiger partial charge in [0.2, 0.25) is 0 Å². The molecule has 0 radical (unpaired) electrons. The van der Waals surface area contributed by atoms with E-state index >= 15 is 0 Å². The van der Waals surface area contributed by atoms with Gasteiger partial charge >= 0.3 is 11.9 Å². The average Bonchev–Trinajstić information content (AvgIpc) is 2.65. The van der Waals surface area contributed by atoms with Crippen LogP contribution < -0.4 is 5.32 Å². The maximum Gasteiger partial charge on any atom is 0.309 e. The first kappa shape index (κ1) is 20.2. The van der Waals surface area contributed by atoms with Crippen molar-refractivity contribution in [2.75, 3.05) is 14.2 Å². The highest BCUT2D eigenvalue weighted by molar-refractivity contribution is 5.77. The number of ether oxygens (including phenoxy) is 2. The van der Waals surface area contributed by atoms with Gasteiger partial charge in [-0.05, 0) is 25.0 Å². The van der Waals surface area contributed by atoms with Crippen molar-refractivity contribution in [1.29, 1.82) is 0 Å². The van der Waals surface area contributed by atoms with Crippen LogP contribution in [0.5, 0.6) is 0 Å². The zero-order chi connectivity index (χ0) is 20.1. The molecule has 1 aliphatic heterocycles. The number of dihydropyridines is 1. The van der Waals surface area contributed by atoms with E-state index in [0.29, 0.717) is 28.1 Å². The van der Waals surface area contributed by atoms with E-state index in [1.54, 1.807) is 32.0 Å². The maximum absolute atomic E-state index is 12.0. The molecule has 0 spiro atoms. The number of para-hydroxylation sites is 1. The van der Waals surface area contributed by atoms with E-state index in [-0.39, 0.29) is 18.5 Å². The second kappa shape index (κ2) is 8.48. The fraction of sp³-hybridized carbons (Fsp3) is 0.368. The first-order valence-corrected chi connectivity index (χ1v) is 8.33. The van der Waals surface area contributed by atoms with Crippen molar-refractivity contribution in [2.24, 2.45) is 0 Å². The maximum atomic E-state index is 12.0. The zero-order valence-corrected chi connectivity index (χ0v) is 15.7. The summed E-state index contributed by atoms with van der Waals surface area (Å²) in [7, 11) is 2.57. The number of esters is 2. The van der Waals surface area contributed by atoms with Gasteiger partial charge in [0.1, 0.15) is 0 Å². The number of hydrogen-bond donors (Lipinski definition) is 1. The molecule has 0 saturated carbocycles. The van der Waals surface area contributed by atoms with Crippen LogP contribution in [0, 0.1) is 10.1 Å². The highest BCUT2D eigenvalue weighted by Crippen LogP contribution is 2.44. The van der Waals surface area contributed by atoms with E-state index in [1.807, 2.05) is 0 Å². The first-order chi connectivity index (χ1) is 12.8. The molecule has 8 heteroatoms. The van der Waals surface area contributed by atoms with Gasteiger partial charge in [-0.25, -0.2) is 0 Å². The number of nitrogens with one attached hydrogen (secondary N) is 1. The molecule has 1 N–H and O–H groups in total. The van der Waals surface area contributed by atoms with E-state index in [1.165, 1.54) is 20.3 Å². The summed E-state index contributed by atoms with van der Waals surface area (Å²) in [6.45, 7) is 3.58. The van der Waals surface area contributed by atoms with Crippen molar-refractivity contribution in [3.8, 4) is 0 Å². The summed E-state index contributed by atoms with van der Waals surface area (Å²) in [5.41, 5.74) is 3.00. The number of hydrogen-bond acceptors (Lipinski definition) is 7. The molecule has 0 atom stereocenters. The van der Waals surface area contributed by atoms with Crippen LogP contribution in [-0.4, -0.2) is 31.1 Å². The molecule has 2 rings (SSSR count). The molecule has 27 heavy (non-hydrogen) atoms. The van der Waals surface area contributed by atoms with Crippen molar-refractivity contribution >= 4 is 17.6 Å². The molecule has 0 amide bonds. The number of nitro benzene ring substituents is 1. The monoisotopic (exact) mass is 374 g/mol. The molecule has 0 fully saturated rings. The van der Waals surface area contributed by atoms with Gasteiger partial charge in [-0.1, -0.05) is 18.2 Å². The largest absolute Gasteiger partial charge is 0.469 e. The van der Waals surface area contributed by atoms with Crippen LogP contribution in [0.25, 0.3) is 0 Å². The van der Waals surface area contributed by atoms with E-state index in [2.05, 4.69) is 5.32 Å². The van der Waals surface area contributed by atoms with Gasteiger partial charge in [0.05, 0.1) is 32.0 Å². The van der Waals surface area contributed by atoms with Crippen molar-refractivity contribution in [2.45, 2.75) is 32.6 Å². The molecule has 8 nitrogen and oxygen atoms in total. The molecule has 1 heterocycles. The summed E-state index contributed by atoms with van der Waals surface area (Å²) >= 11 is 0. The molecule has 0 saturated heterocycles. The minimum Gasteiger partial charge on any atom is -0.469 e. The Morgan fingerprint density at radius 1 is 1.04 bits per heavy atom. The molecule has 144 valence electrons. The quantitative estimate of drug-likeness (QED) is 0.463. The summed E-state index contributed by atoms with van der Waals surface area (Å²) < 4.78 is 9.57. The summed E-state index contributed by atoms with van der Waals surface area (Å²) in [6, 6.07) is 6.33. The van der Waals surface area contributed by atoms with E-state index < -0.39 is 22.8 Å². The highest BCUT2D eigenvalue weighted by atomic mass is 16.6. The SMILES string of the molecule is COC(=O)CC1=C(C)NC(C)=C(CC(=O)OC)C1c1ccccc1[N+](=O)[O-]. The van der Waals surface area contributed by atoms with Crippen molar-refractivity contribution in [3.63, 3.8) is 0 Å². The lowest BCUT2D eigenvalue weighted by atomic mass is 9.77. The van der Waals surface area contributed by atoms with Gasteiger partial charge in [-0.3, -0.25) is 19.7 Å². The second-order valence-corrected chi connectivity index (χ2v) is 6.18. The van der Waals surface area contributed by atoms with Gasteiger partial charge < -0.3 is 14.8 Å². The summed E-state index contributed by atoms with van der Waals surface area (Å²) in [4.78, 5) is 35.0. The predicted octanol–water partition coefficient (Wildman–Crippen LogP) is 2.96. The number of carbonyl (C=O) groups is 2. The fourth-order valence-corrected chi connectivity index (χ4v) is 3.28. The third-order valence-electron chi connectivity index (χ3n) is 4.60. The number of allylic oxidation sites excluding steroid dienone is 2. The Balaban J connectivity index is 2.67. The third-order valence-corrected chi connectivity index (χ3v) is 4.60. The Labute approximate surface area is 157 Å². The van der Waals surface area contributed by atoms with Crippen molar-refractivity contribution in [3.05, 3.63) is 62.5 Å². The summed E-state index contributed by atoms with van der Waals surface area (Å²) in [5, 5.41) is 14.7. The lowest BCUT2D eigenvalue weighted by Crippen LogP contribution is -2.27. The molecule has 1 aliphatic rings. The van der Waals surface area contributed by atoms with Crippen LogP contribution in [0.1, 0.15) is 38.2 Å². The van der Waals surface area contributed by atoms with Gasteiger partial charge in [0.15, 0.2) is 0 Å². The van der Waals surface area contributed by atoms with Crippen molar-refractivity contribution < 1.29 is 24.0 Å². The Hall–Kier alpha value is -3.16.